The van der Waals surface area contributed by atoms with Crippen LogP contribution in [0.25, 0.3) is 0 Å². The van der Waals surface area contributed by atoms with Crippen LogP contribution in [-0.2, 0) is 19.1 Å². The highest BCUT2D eigenvalue weighted by Crippen LogP contribution is 2.21. The number of carbonyl (C=O) groups is 2. The van der Waals surface area contributed by atoms with Crippen molar-refractivity contribution < 1.29 is 34.4 Å². The van der Waals surface area contributed by atoms with E-state index in [0.29, 0.717) is 45.6 Å². The zero-order valence-electron chi connectivity index (χ0n) is 27.3. The van der Waals surface area contributed by atoms with Gasteiger partial charge in [0.15, 0.2) is 0 Å². The fraction of sp³-hybridized carbons (Fsp3) is 0.941. The molecule has 8 nitrogen and oxygen atoms in total. The molecule has 0 radical (unpaired) electrons. The van der Waals surface area contributed by atoms with Gasteiger partial charge in [-0.15, -0.1) is 0 Å². The van der Waals surface area contributed by atoms with Crippen molar-refractivity contribution >= 4 is 12.4 Å². The number of unbranched alkanes of at least 4 members (excludes halogenated alkanes) is 12. The van der Waals surface area contributed by atoms with Crippen LogP contribution in [0.3, 0.4) is 0 Å². The molecule has 0 bridgehead atoms. The Hall–Kier alpha value is -1.22. The number of hydrogen-bond donors (Lipinski definition) is 3. The van der Waals surface area contributed by atoms with Gasteiger partial charge in [-0.1, -0.05) is 78.1 Å². The number of rotatable bonds is 33. The van der Waals surface area contributed by atoms with Gasteiger partial charge in [0.25, 0.3) is 6.47 Å². The largest absolute Gasteiger partial charge is 0.468 e. The Bertz CT molecular complexity index is 592. The Morgan fingerprint density at radius 1 is 0.667 bits per heavy atom. The minimum Gasteiger partial charge on any atom is -0.468 e. The molecule has 0 aromatic carbocycles. The maximum absolute atomic E-state index is 12.9. The highest BCUT2D eigenvalue weighted by molar-refractivity contribution is 5.72. The number of carbonyl (C=O) groups excluding carboxylic acids is 2. The van der Waals surface area contributed by atoms with Gasteiger partial charge >= 0.3 is 5.97 Å². The van der Waals surface area contributed by atoms with Gasteiger partial charge in [-0.05, 0) is 77.2 Å². The molecule has 3 unspecified atom stereocenters. The Morgan fingerprint density at radius 2 is 1.17 bits per heavy atom. The van der Waals surface area contributed by atoms with E-state index in [4.69, 9.17) is 14.6 Å². The normalized spacial score (nSPS) is 13.7. The molecule has 3 atom stereocenters. The molecular weight excluding hydrogens is 534 g/mol. The number of nitrogens with zero attached hydrogens (tertiary/aromatic N) is 1. The number of ether oxygens (including phenoxy) is 2. The zero-order valence-corrected chi connectivity index (χ0v) is 27.3. The van der Waals surface area contributed by atoms with E-state index in [1.165, 1.54) is 51.4 Å². The highest BCUT2D eigenvalue weighted by Gasteiger charge is 2.20. The van der Waals surface area contributed by atoms with Crippen LogP contribution in [-0.4, -0.2) is 84.3 Å². The van der Waals surface area contributed by atoms with Gasteiger partial charge in [-0.2, -0.15) is 0 Å². The van der Waals surface area contributed by atoms with E-state index in [1.807, 2.05) is 0 Å². The monoisotopic (exact) mass is 601 g/mol. The van der Waals surface area contributed by atoms with Gasteiger partial charge in [0, 0.05) is 19.7 Å². The summed E-state index contributed by atoms with van der Waals surface area (Å²) in [7, 11) is 0. The molecule has 0 heterocycles. The first-order valence-electron chi connectivity index (χ1n) is 17.4. The summed E-state index contributed by atoms with van der Waals surface area (Å²) in [6, 6.07) is 0. The SMILES string of the molecule is CCCCCCCCC(CCCCCC)C(=O)OCCCCC(O)CN(CCCCCO)CC(O)CCCCOC=O. The predicted molar refractivity (Wildman–Crippen MR) is 170 cm³/mol. The zero-order chi connectivity index (χ0) is 31.1. The third kappa shape index (κ3) is 26.4. The Morgan fingerprint density at radius 3 is 1.74 bits per heavy atom. The molecule has 3 N–H and O–H groups in total. The van der Waals surface area contributed by atoms with Crippen molar-refractivity contribution in [2.24, 2.45) is 5.92 Å². The van der Waals surface area contributed by atoms with Crippen LogP contribution in [0.15, 0.2) is 0 Å². The number of aliphatic hydroxyl groups excluding tert-OH is 3. The average molecular weight is 602 g/mol. The molecule has 0 aromatic rings. The van der Waals surface area contributed by atoms with E-state index in [-0.39, 0.29) is 18.5 Å². The summed E-state index contributed by atoms with van der Waals surface area (Å²) < 4.78 is 10.4. The van der Waals surface area contributed by atoms with Crippen molar-refractivity contribution in [1.82, 2.24) is 4.90 Å². The third-order valence-electron chi connectivity index (χ3n) is 8.01. The highest BCUT2D eigenvalue weighted by atomic mass is 16.5. The molecule has 250 valence electrons. The molecule has 8 heteroatoms. The first-order chi connectivity index (χ1) is 20.5. The lowest BCUT2D eigenvalue weighted by atomic mass is 9.94. The lowest BCUT2D eigenvalue weighted by molar-refractivity contribution is -0.149. The van der Waals surface area contributed by atoms with Gasteiger partial charge in [-0.25, -0.2) is 0 Å². The van der Waals surface area contributed by atoms with Gasteiger partial charge < -0.3 is 24.8 Å². The van der Waals surface area contributed by atoms with E-state index in [2.05, 4.69) is 18.7 Å². The molecule has 0 aliphatic carbocycles. The fourth-order valence-electron chi connectivity index (χ4n) is 5.41. The molecule has 0 aliphatic rings. The lowest BCUT2D eigenvalue weighted by Gasteiger charge is -2.27. The lowest BCUT2D eigenvalue weighted by Crippen LogP contribution is -2.38. The van der Waals surface area contributed by atoms with E-state index < -0.39 is 12.2 Å². The Kier molecular flexibility index (Phi) is 30.3. The minimum absolute atomic E-state index is 0.0157. The van der Waals surface area contributed by atoms with E-state index in [9.17, 15) is 19.8 Å². The van der Waals surface area contributed by atoms with Crippen LogP contribution in [0.4, 0.5) is 0 Å². The number of hydrogen-bond acceptors (Lipinski definition) is 8. The van der Waals surface area contributed by atoms with E-state index in [1.54, 1.807) is 0 Å². The molecule has 0 amide bonds. The first kappa shape index (κ1) is 40.8. The Labute approximate surface area is 257 Å². The molecule has 0 spiro atoms. The maximum Gasteiger partial charge on any atom is 0.308 e. The molecule has 0 fully saturated rings. The molecule has 0 saturated carbocycles. The Balaban J connectivity index is 4.45. The minimum atomic E-state index is -0.509. The maximum atomic E-state index is 12.9. The van der Waals surface area contributed by atoms with Gasteiger partial charge in [-0.3, -0.25) is 14.5 Å². The molecule has 0 rings (SSSR count). The van der Waals surface area contributed by atoms with Crippen molar-refractivity contribution in [3.8, 4) is 0 Å². The second-order valence-electron chi connectivity index (χ2n) is 12.1. The van der Waals surface area contributed by atoms with Crippen LogP contribution in [0.5, 0.6) is 0 Å². The standard InChI is InChI=1S/C34H67NO7/c1-3-5-7-9-10-13-21-31(20-12-8-6-4-2)34(40)42-27-19-15-23-33(39)29-35(24-16-11-17-25-36)28-32(38)22-14-18-26-41-30-37/h30-33,36,38-39H,3-29H2,1-2H3. The summed E-state index contributed by atoms with van der Waals surface area (Å²) in [6.07, 6.45) is 19.8. The molecule has 42 heavy (non-hydrogen) atoms. The summed E-state index contributed by atoms with van der Waals surface area (Å²) in [5.74, 6) is -0.0247. The third-order valence-corrected chi connectivity index (χ3v) is 8.01. The summed E-state index contributed by atoms with van der Waals surface area (Å²) in [4.78, 5) is 25.2. The van der Waals surface area contributed by atoms with Gasteiger partial charge in [0.05, 0.1) is 31.3 Å². The number of aliphatic hydroxyl groups is 3. The quantitative estimate of drug-likeness (QED) is 0.0440. The van der Waals surface area contributed by atoms with Crippen LogP contribution in [0.1, 0.15) is 149 Å². The molecule has 0 aromatic heterocycles. The van der Waals surface area contributed by atoms with Crippen LogP contribution in [0.2, 0.25) is 0 Å². The molecule has 0 aliphatic heterocycles. The van der Waals surface area contributed by atoms with Crippen molar-refractivity contribution in [3.63, 3.8) is 0 Å². The topological polar surface area (TPSA) is 117 Å². The van der Waals surface area contributed by atoms with Crippen molar-refractivity contribution in [1.29, 1.82) is 0 Å². The smallest absolute Gasteiger partial charge is 0.308 e. The summed E-state index contributed by atoms with van der Waals surface area (Å²) in [5.41, 5.74) is 0. The average Bonchev–Trinajstić information content (AvgIpc) is 2.97. The molecular formula is C34H67NO7. The summed E-state index contributed by atoms with van der Waals surface area (Å²) in [5, 5.41) is 30.3. The van der Waals surface area contributed by atoms with Crippen molar-refractivity contribution in [2.75, 3.05) is 39.5 Å². The predicted octanol–water partition coefficient (Wildman–Crippen LogP) is 6.57. The summed E-state index contributed by atoms with van der Waals surface area (Å²) in [6.45, 7) is 7.57. The van der Waals surface area contributed by atoms with Gasteiger partial charge in [0.1, 0.15) is 0 Å². The van der Waals surface area contributed by atoms with Crippen LogP contribution < -0.4 is 0 Å². The van der Waals surface area contributed by atoms with Crippen molar-refractivity contribution in [3.05, 3.63) is 0 Å². The second kappa shape index (κ2) is 31.2. The first-order valence-corrected chi connectivity index (χ1v) is 17.4. The van der Waals surface area contributed by atoms with Crippen LogP contribution >= 0.6 is 0 Å². The van der Waals surface area contributed by atoms with Crippen molar-refractivity contribution in [2.45, 2.75) is 161 Å². The van der Waals surface area contributed by atoms with E-state index in [0.717, 1.165) is 77.2 Å². The number of esters is 1. The van der Waals surface area contributed by atoms with Crippen LogP contribution in [0, 0.1) is 5.92 Å². The van der Waals surface area contributed by atoms with E-state index >= 15 is 0 Å². The second-order valence-corrected chi connectivity index (χ2v) is 12.1. The summed E-state index contributed by atoms with van der Waals surface area (Å²) >= 11 is 0. The fourth-order valence-corrected chi connectivity index (χ4v) is 5.41. The molecule has 0 saturated heterocycles. The van der Waals surface area contributed by atoms with Gasteiger partial charge in [0.2, 0.25) is 0 Å².